The van der Waals surface area contributed by atoms with Crippen LogP contribution >= 0.6 is 0 Å². The number of nitrogens with zero attached hydrogens (tertiary/aromatic N) is 2. The predicted octanol–water partition coefficient (Wildman–Crippen LogP) is 4.99. The number of ether oxygens (including phenoxy) is 1. The first-order valence-electron chi connectivity index (χ1n) is 11.9. The molecule has 2 N–H and O–H groups in total. The second-order valence-electron chi connectivity index (χ2n) is 8.37. The standard InChI is InChI=1S/C29H34N4O2/c1-6-9-17-31-27-19-22-18-25(35-5)14-15-26(22)29(33(27)28(34)8-3)21(4)12-13-23(7-2)32-24-11-10-16-30-20-24/h3,7,10-16,18,20,27,29,31-32H,4,6,9,17,19H2,1-2,5H3/b13-12-,23-7+/t27-,29+/m1/s1. The molecule has 1 aromatic carbocycles. The first kappa shape index (κ1) is 25.8. The molecule has 0 aliphatic carbocycles. The number of methoxy groups -OCH3 is 1. The quantitative estimate of drug-likeness (QED) is 0.291. The second kappa shape index (κ2) is 12.6. The van der Waals surface area contributed by atoms with Gasteiger partial charge in [0.25, 0.3) is 5.91 Å². The van der Waals surface area contributed by atoms with Gasteiger partial charge in [-0.05, 0) is 72.9 Å². The third-order valence-corrected chi connectivity index (χ3v) is 6.03. The molecule has 0 saturated carbocycles. The Morgan fingerprint density at radius 1 is 1.37 bits per heavy atom. The summed E-state index contributed by atoms with van der Waals surface area (Å²) in [5.74, 6) is 2.75. The van der Waals surface area contributed by atoms with Crippen LogP contribution in [-0.2, 0) is 11.2 Å². The van der Waals surface area contributed by atoms with Gasteiger partial charge in [-0.15, -0.1) is 6.42 Å². The number of pyridine rings is 1. The highest BCUT2D eigenvalue weighted by atomic mass is 16.5. The van der Waals surface area contributed by atoms with Gasteiger partial charge in [-0.3, -0.25) is 15.1 Å². The molecular formula is C29H34N4O2. The van der Waals surface area contributed by atoms with E-state index in [1.165, 1.54) is 0 Å². The summed E-state index contributed by atoms with van der Waals surface area (Å²) >= 11 is 0. The van der Waals surface area contributed by atoms with Gasteiger partial charge in [-0.1, -0.05) is 38.1 Å². The van der Waals surface area contributed by atoms with Gasteiger partial charge < -0.3 is 15.0 Å². The molecule has 0 unspecified atom stereocenters. The Balaban J connectivity index is 1.96. The van der Waals surface area contributed by atoms with E-state index in [0.29, 0.717) is 6.42 Å². The number of nitrogens with one attached hydrogen (secondary N) is 2. The number of terminal acetylenes is 1. The lowest BCUT2D eigenvalue weighted by Gasteiger charge is -2.43. The molecule has 2 heterocycles. The molecule has 0 bridgehead atoms. The van der Waals surface area contributed by atoms with Crippen molar-refractivity contribution in [3.63, 3.8) is 0 Å². The van der Waals surface area contributed by atoms with E-state index in [4.69, 9.17) is 11.2 Å². The molecule has 0 fully saturated rings. The maximum atomic E-state index is 13.0. The number of benzene rings is 1. The van der Waals surface area contributed by atoms with E-state index in [-0.39, 0.29) is 12.1 Å². The maximum absolute atomic E-state index is 13.0. The van der Waals surface area contributed by atoms with Crippen LogP contribution in [0.15, 0.2) is 78.8 Å². The number of fused-ring (bicyclic) bond motifs is 1. The van der Waals surface area contributed by atoms with Crippen molar-refractivity contribution in [3.8, 4) is 18.1 Å². The molecule has 1 aliphatic rings. The van der Waals surface area contributed by atoms with E-state index in [0.717, 1.165) is 53.2 Å². The number of unbranched alkanes of at least 4 members (excludes halogenated alkanes) is 1. The predicted molar refractivity (Wildman–Crippen MR) is 142 cm³/mol. The van der Waals surface area contributed by atoms with Crippen LogP contribution in [0.4, 0.5) is 5.69 Å². The molecule has 0 saturated heterocycles. The number of anilines is 1. The molecular weight excluding hydrogens is 436 g/mol. The summed E-state index contributed by atoms with van der Waals surface area (Å²) in [6.07, 6.45) is 17.4. The first-order chi connectivity index (χ1) is 17.0. The largest absolute Gasteiger partial charge is 0.497 e. The summed E-state index contributed by atoms with van der Waals surface area (Å²) in [5, 5.41) is 6.87. The number of carbonyl (C=O) groups is 1. The molecule has 6 nitrogen and oxygen atoms in total. The van der Waals surface area contributed by atoms with E-state index < -0.39 is 6.04 Å². The second-order valence-corrected chi connectivity index (χ2v) is 8.37. The number of amides is 1. The highest BCUT2D eigenvalue weighted by Crippen LogP contribution is 2.39. The third kappa shape index (κ3) is 6.40. The van der Waals surface area contributed by atoms with Gasteiger partial charge in [0.2, 0.25) is 0 Å². The lowest BCUT2D eigenvalue weighted by atomic mass is 9.86. The maximum Gasteiger partial charge on any atom is 0.300 e. The molecule has 182 valence electrons. The molecule has 1 aromatic heterocycles. The number of allylic oxidation sites excluding steroid dienone is 2. The van der Waals surface area contributed by atoms with E-state index in [1.54, 1.807) is 24.4 Å². The third-order valence-electron chi connectivity index (χ3n) is 6.03. The minimum atomic E-state index is -0.403. The lowest BCUT2D eigenvalue weighted by molar-refractivity contribution is -0.130. The van der Waals surface area contributed by atoms with E-state index in [1.807, 2.05) is 55.5 Å². The van der Waals surface area contributed by atoms with Crippen LogP contribution in [0, 0.1) is 12.3 Å². The monoisotopic (exact) mass is 470 g/mol. The number of hydrogen-bond acceptors (Lipinski definition) is 5. The van der Waals surface area contributed by atoms with Crippen LogP contribution in [0.25, 0.3) is 0 Å². The summed E-state index contributed by atoms with van der Waals surface area (Å²) < 4.78 is 5.46. The topological polar surface area (TPSA) is 66.5 Å². The van der Waals surface area contributed by atoms with E-state index in [2.05, 4.69) is 35.0 Å². The normalized spacial score (nSPS) is 17.5. The Labute approximate surface area is 208 Å². The van der Waals surface area contributed by atoms with E-state index >= 15 is 0 Å². The van der Waals surface area contributed by atoms with Crippen LogP contribution in [0.5, 0.6) is 5.75 Å². The van der Waals surface area contributed by atoms with Crippen LogP contribution in [0.1, 0.15) is 43.9 Å². The zero-order valence-electron chi connectivity index (χ0n) is 20.8. The molecule has 1 amide bonds. The van der Waals surface area contributed by atoms with Gasteiger partial charge in [0.15, 0.2) is 0 Å². The molecule has 0 radical (unpaired) electrons. The Bertz CT molecular complexity index is 1130. The first-order valence-corrected chi connectivity index (χ1v) is 11.9. The van der Waals surface area contributed by atoms with Crippen molar-refractivity contribution in [2.24, 2.45) is 0 Å². The van der Waals surface area contributed by atoms with Gasteiger partial charge in [0, 0.05) is 18.3 Å². The number of hydrogen-bond donors (Lipinski definition) is 2. The fourth-order valence-corrected chi connectivity index (χ4v) is 4.22. The lowest BCUT2D eigenvalue weighted by Crippen LogP contribution is -2.54. The fourth-order valence-electron chi connectivity index (χ4n) is 4.22. The van der Waals surface area contributed by atoms with Crippen LogP contribution in [0.3, 0.4) is 0 Å². The van der Waals surface area contributed by atoms with Gasteiger partial charge in [-0.25, -0.2) is 0 Å². The number of rotatable bonds is 10. The summed E-state index contributed by atoms with van der Waals surface area (Å²) in [6, 6.07) is 9.37. The smallest absolute Gasteiger partial charge is 0.300 e. The van der Waals surface area contributed by atoms with Gasteiger partial charge in [0.1, 0.15) is 5.75 Å². The molecule has 1 aliphatic heterocycles. The number of carbonyl (C=O) groups excluding carboxylic acids is 1. The van der Waals surface area contributed by atoms with Crippen LogP contribution in [0.2, 0.25) is 0 Å². The average molecular weight is 471 g/mol. The molecule has 2 atom stereocenters. The van der Waals surface area contributed by atoms with Crippen molar-refractivity contribution in [2.45, 2.75) is 45.3 Å². The minimum absolute atomic E-state index is 0.241. The van der Waals surface area contributed by atoms with Crippen molar-refractivity contribution >= 4 is 11.6 Å². The molecule has 35 heavy (non-hydrogen) atoms. The van der Waals surface area contributed by atoms with Crippen LogP contribution in [-0.4, -0.2) is 35.6 Å². The van der Waals surface area contributed by atoms with Crippen molar-refractivity contribution in [1.29, 1.82) is 0 Å². The fraction of sp³-hybridized carbons (Fsp3) is 0.310. The van der Waals surface area contributed by atoms with Crippen molar-refractivity contribution in [2.75, 3.05) is 19.0 Å². The zero-order chi connectivity index (χ0) is 25.2. The zero-order valence-corrected chi connectivity index (χ0v) is 20.8. The summed E-state index contributed by atoms with van der Waals surface area (Å²) in [7, 11) is 1.66. The Kier molecular flexibility index (Phi) is 9.28. The highest BCUT2D eigenvalue weighted by Gasteiger charge is 2.37. The molecule has 0 spiro atoms. The highest BCUT2D eigenvalue weighted by molar-refractivity contribution is 5.94. The van der Waals surface area contributed by atoms with Crippen molar-refractivity contribution < 1.29 is 9.53 Å². The molecule has 2 aromatic rings. The Hall–Kier alpha value is -3.82. The van der Waals surface area contributed by atoms with Crippen LogP contribution < -0.4 is 15.4 Å². The van der Waals surface area contributed by atoms with Crippen molar-refractivity contribution in [1.82, 2.24) is 15.2 Å². The van der Waals surface area contributed by atoms with Crippen molar-refractivity contribution in [3.05, 3.63) is 89.9 Å². The summed E-state index contributed by atoms with van der Waals surface area (Å²) in [4.78, 5) is 18.9. The summed E-state index contributed by atoms with van der Waals surface area (Å²) in [6.45, 7) is 9.24. The van der Waals surface area contributed by atoms with Gasteiger partial charge in [0.05, 0.1) is 31.2 Å². The van der Waals surface area contributed by atoms with E-state index in [9.17, 15) is 4.79 Å². The summed E-state index contributed by atoms with van der Waals surface area (Å²) in [5.41, 5.74) is 4.64. The molecule has 3 rings (SSSR count). The minimum Gasteiger partial charge on any atom is -0.497 e. The Morgan fingerprint density at radius 3 is 2.86 bits per heavy atom. The molecule has 6 heteroatoms. The van der Waals surface area contributed by atoms with Gasteiger partial charge >= 0.3 is 0 Å². The van der Waals surface area contributed by atoms with Gasteiger partial charge in [-0.2, -0.15) is 0 Å². The number of aromatic nitrogens is 1. The SMILES string of the molecule is C#CC(=O)N1[C@@H](NCCCC)Cc2cc(OC)ccc2[C@@H]1C(=C)/C=C\C(=C/C)Nc1cccnc1. The Morgan fingerprint density at radius 2 is 2.20 bits per heavy atom. The average Bonchev–Trinajstić information content (AvgIpc) is 2.89.